The molecule has 0 aromatic carbocycles. The predicted octanol–water partition coefficient (Wildman–Crippen LogP) is -0.0282. The topological polar surface area (TPSA) is 29.1 Å². The molecule has 0 spiro atoms. The van der Waals surface area contributed by atoms with Crippen LogP contribution in [0.25, 0.3) is 0 Å². The van der Waals surface area contributed by atoms with Crippen molar-refractivity contribution in [1.29, 1.82) is 0 Å². The summed E-state index contributed by atoms with van der Waals surface area (Å²) in [5, 5.41) is 2.00. The summed E-state index contributed by atoms with van der Waals surface area (Å²) in [6.45, 7) is 0. The summed E-state index contributed by atoms with van der Waals surface area (Å²) in [4.78, 5) is 9.00. The standard InChI is InChI=1S/C2H4NO.CH3.Y/c1-3-2-4;;/h2H,1H2,(H,3,4);1H3;/q2*-1;. The second-order valence-electron chi connectivity index (χ2n) is 0.322. The van der Waals surface area contributed by atoms with E-state index >= 15 is 0 Å². The van der Waals surface area contributed by atoms with Crippen LogP contribution in [0.3, 0.4) is 0 Å². The van der Waals surface area contributed by atoms with E-state index in [9.17, 15) is 0 Å². The number of carbonyl (C=O) groups is 1. The molecular formula is C3H7NOY-2. The van der Waals surface area contributed by atoms with Crippen LogP contribution in [-0.4, -0.2) is 6.41 Å². The summed E-state index contributed by atoms with van der Waals surface area (Å²) in [6.07, 6.45) is 0.514. The van der Waals surface area contributed by atoms with E-state index in [4.69, 9.17) is 4.79 Å². The quantitative estimate of drug-likeness (QED) is 0.425. The van der Waals surface area contributed by atoms with E-state index in [1.807, 2.05) is 5.32 Å². The molecule has 0 heterocycles. The van der Waals surface area contributed by atoms with E-state index in [-0.39, 0.29) is 40.1 Å². The van der Waals surface area contributed by atoms with Gasteiger partial charge in [0.25, 0.3) is 0 Å². The van der Waals surface area contributed by atoms with Crippen LogP contribution in [0, 0.1) is 14.5 Å². The molecule has 35 valence electrons. The largest absolute Gasteiger partial charge is 0.511 e. The predicted molar refractivity (Wildman–Crippen MR) is 21.0 cm³/mol. The average Bonchev–Trinajstić information content (AvgIpc) is 1.37. The van der Waals surface area contributed by atoms with Crippen LogP contribution in [0.1, 0.15) is 0 Å². The summed E-state index contributed by atoms with van der Waals surface area (Å²) in [5.74, 6) is 0. The third kappa shape index (κ3) is 23.6. The van der Waals surface area contributed by atoms with Crippen molar-refractivity contribution in [3.63, 3.8) is 0 Å². The van der Waals surface area contributed by atoms with Crippen LogP contribution < -0.4 is 5.32 Å². The van der Waals surface area contributed by atoms with Crippen LogP contribution in [0.2, 0.25) is 0 Å². The summed E-state index contributed by atoms with van der Waals surface area (Å²) >= 11 is 0. The van der Waals surface area contributed by atoms with Gasteiger partial charge in [-0.15, -0.1) is 0 Å². The zero-order chi connectivity index (χ0) is 3.41. The van der Waals surface area contributed by atoms with Gasteiger partial charge in [0.05, 0.1) is 0 Å². The monoisotopic (exact) mass is 162 g/mol. The van der Waals surface area contributed by atoms with Gasteiger partial charge in [0.1, 0.15) is 0 Å². The SMILES string of the molecule is [CH2-]NC=O.[CH3-].[Y]. The van der Waals surface area contributed by atoms with Gasteiger partial charge in [-0.1, -0.05) is 0 Å². The van der Waals surface area contributed by atoms with Crippen molar-refractivity contribution < 1.29 is 37.5 Å². The molecule has 0 rings (SSSR count). The molecule has 0 aromatic rings. The van der Waals surface area contributed by atoms with Crippen molar-refractivity contribution in [2.75, 3.05) is 0 Å². The van der Waals surface area contributed by atoms with E-state index in [1.165, 1.54) is 0 Å². The minimum atomic E-state index is 0. The number of rotatable bonds is 1. The molecule has 0 aromatic heterocycles. The maximum absolute atomic E-state index is 9.00. The van der Waals surface area contributed by atoms with Gasteiger partial charge in [-0.05, 0) is 0 Å². The van der Waals surface area contributed by atoms with Crippen molar-refractivity contribution >= 4 is 6.41 Å². The molecule has 6 heavy (non-hydrogen) atoms. The molecular weight excluding hydrogens is 155 g/mol. The number of nitrogens with one attached hydrogen (secondary N) is 1. The second kappa shape index (κ2) is 17.6. The first-order valence-corrected chi connectivity index (χ1v) is 0.878. The fourth-order valence-electron chi connectivity index (χ4n) is 0. The van der Waals surface area contributed by atoms with E-state index in [2.05, 4.69) is 7.05 Å². The van der Waals surface area contributed by atoms with Gasteiger partial charge in [-0.2, -0.15) is 0 Å². The van der Waals surface area contributed by atoms with E-state index in [0.717, 1.165) is 0 Å². The Morgan fingerprint density at radius 2 is 1.83 bits per heavy atom. The van der Waals surface area contributed by atoms with Crippen LogP contribution in [-0.2, 0) is 37.5 Å². The third-order valence-corrected chi connectivity index (χ3v) is 0.0833. The van der Waals surface area contributed by atoms with E-state index in [0.29, 0.717) is 6.41 Å². The molecule has 1 radical (unpaired) electrons. The normalized spacial score (nSPS) is 3.50. The molecule has 1 amide bonds. The van der Waals surface area contributed by atoms with Gasteiger partial charge in [-0.25, -0.2) is 0 Å². The van der Waals surface area contributed by atoms with Crippen LogP contribution >= 0.6 is 0 Å². The van der Waals surface area contributed by atoms with Crippen molar-refractivity contribution in [1.82, 2.24) is 5.32 Å². The van der Waals surface area contributed by atoms with Crippen LogP contribution in [0.15, 0.2) is 0 Å². The molecule has 0 fully saturated rings. The number of amides is 1. The smallest absolute Gasteiger partial charge is 0.177 e. The number of hydrogen-bond donors (Lipinski definition) is 1. The first-order valence-electron chi connectivity index (χ1n) is 0.878. The Balaban J connectivity index is -0.0000000450. The molecule has 0 aliphatic rings. The molecule has 2 nitrogen and oxygen atoms in total. The first kappa shape index (κ1) is 16.0. The average molecular weight is 162 g/mol. The molecule has 3 heteroatoms. The number of hydrogen-bond acceptors (Lipinski definition) is 1. The third-order valence-electron chi connectivity index (χ3n) is 0.0833. The van der Waals surface area contributed by atoms with Crippen molar-refractivity contribution in [3.05, 3.63) is 14.5 Å². The minimum absolute atomic E-state index is 0. The minimum Gasteiger partial charge on any atom is -0.511 e. The Morgan fingerprint density at radius 3 is 1.83 bits per heavy atom. The molecule has 0 bridgehead atoms. The van der Waals surface area contributed by atoms with E-state index in [1.54, 1.807) is 0 Å². The maximum atomic E-state index is 9.00. The summed E-state index contributed by atoms with van der Waals surface area (Å²) < 4.78 is 0. The molecule has 1 N–H and O–H groups in total. The molecule has 0 saturated heterocycles. The second-order valence-corrected chi connectivity index (χ2v) is 0.322. The fraction of sp³-hybridized carbons (Fsp3) is 0. The van der Waals surface area contributed by atoms with E-state index < -0.39 is 0 Å². The summed E-state index contributed by atoms with van der Waals surface area (Å²) in [5.41, 5.74) is 0. The maximum Gasteiger partial charge on any atom is 0.177 e. The summed E-state index contributed by atoms with van der Waals surface area (Å²) in [6, 6.07) is 0. The molecule has 0 atom stereocenters. The zero-order valence-electron chi connectivity index (χ0n) is 3.77. The van der Waals surface area contributed by atoms with Crippen LogP contribution in [0.5, 0.6) is 0 Å². The Morgan fingerprint density at radius 1 is 1.67 bits per heavy atom. The molecule has 0 aliphatic carbocycles. The fourth-order valence-corrected chi connectivity index (χ4v) is 0. The van der Waals surface area contributed by atoms with Crippen molar-refractivity contribution in [2.45, 2.75) is 0 Å². The Hall–Kier alpha value is 0.574. The van der Waals surface area contributed by atoms with Crippen LogP contribution in [0.4, 0.5) is 0 Å². The molecule has 0 saturated carbocycles. The molecule has 0 aliphatic heterocycles. The Bertz CT molecular complexity index is 24.8. The van der Waals surface area contributed by atoms with Gasteiger partial charge >= 0.3 is 0 Å². The first-order chi connectivity index (χ1) is 1.91. The molecule has 0 unspecified atom stereocenters. The summed E-state index contributed by atoms with van der Waals surface area (Å²) in [7, 11) is 2.99. The van der Waals surface area contributed by atoms with Gasteiger partial charge in [0.15, 0.2) is 6.41 Å². The zero-order valence-corrected chi connectivity index (χ0v) is 6.61. The number of carbonyl (C=O) groups excluding carboxylic acids is 1. The Labute approximate surface area is 63.6 Å². The van der Waals surface area contributed by atoms with Gasteiger partial charge in [0.2, 0.25) is 0 Å². The van der Waals surface area contributed by atoms with Gasteiger partial charge < -0.3 is 12.7 Å². The van der Waals surface area contributed by atoms with Crippen molar-refractivity contribution in [3.8, 4) is 0 Å². The van der Waals surface area contributed by atoms with Gasteiger partial charge in [0, 0.05) is 32.7 Å². The Kier molecular flexibility index (Phi) is 46.9. The van der Waals surface area contributed by atoms with Crippen molar-refractivity contribution in [2.24, 2.45) is 0 Å². The van der Waals surface area contributed by atoms with Gasteiger partial charge in [-0.3, -0.25) is 11.8 Å².